The van der Waals surface area contributed by atoms with Gasteiger partial charge in [0.15, 0.2) is 10.9 Å². The highest BCUT2D eigenvalue weighted by Gasteiger charge is 2.72. The molecule has 0 unspecified atom stereocenters. The number of allylic oxidation sites excluding steroid dienone is 2. The van der Waals surface area contributed by atoms with Crippen molar-refractivity contribution in [2.45, 2.75) is 99.3 Å². The van der Waals surface area contributed by atoms with Crippen LogP contribution >= 0.6 is 12.2 Å². The molecule has 0 bridgehead atoms. The van der Waals surface area contributed by atoms with Gasteiger partial charge in [-0.25, -0.2) is 0 Å². The number of thiocarbonyl (C=S) groups is 1. The first-order valence-corrected chi connectivity index (χ1v) is 15.5. The molecule has 0 spiro atoms. The molecule has 0 aromatic heterocycles. The lowest BCUT2D eigenvalue weighted by Crippen LogP contribution is -2.67. The molecule has 5 aliphatic carbocycles. The summed E-state index contributed by atoms with van der Waals surface area (Å²) in [4.78, 5) is 27.1. The van der Waals surface area contributed by atoms with Crippen molar-refractivity contribution in [1.29, 1.82) is 0 Å². The average Bonchev–Trinajstić information content (AvgIpc) is 3.26. The predicted octanol–water partition coefficient (Wildman–Crippen LogP) is 6.71. The third kappa shape index (κ3) is 3.71. The Morgan fingerprint density at radius 2 is 1.72 bits per heavy atom. The summed E-state index contributed by atoms with van der Waals surface area (Å²) in [6.45, 7) is 18.5. The fraction of sp³-hybridized carbons (Fsp3) is 0.788. The third-order valence-corrected chi connectivity index (χ3v) is 13.8. The van der Waals surface area contributed by atoms with Crippen LogP contribution in [0.3, 0.4) is 0 Å². The maximum Gasteiger partial charge on any atom is 0.312 e. The largest absolute Gasteiger partial charge is 0.469 e. The Balaban J connectivity index is 1.57. The van der Waals surface area contributed by atoms with Crippen LogP contribution in [-0.2, 0) is 14.3 Å². The van der Waals surface area contributed by atoms with Gasteiger partial charge >= 0.3 is 5.97 Å². The SMILES string of the molecule is C=C(C)[C@@H]1CC[C@]2(C(=O)OC)CC[C@]3(C)[C@H](CC[C@@H]4[C@@]5(C)C/C(=C\NC(N)=S)C(=O)C(C)(C)[C@H]5CC[C@]43C)[C@@H]12. The van der Waals surface area contributed by atoms with Gasteiger partial charge in [0.1, 0.15) is 0 Å². The maximum absolute atomic E-state index is 13.7. The van der Waals surface area contributed by atoms with E-state index in [2.05, 4.69) is 53.4 Å². The number of Topliss-reactive ketones (excluding diaryl/α,β-unsaturated/α-hetero) is 1. The summed E-state index contributed by atoms with van der Waals surface area (Å²) in [5.41, 5.74) is 7.26. The molecule has 5 nitrogen and oxygen atoms in total. The number of hydrogen-bond acceptors (Lipinski definition) is 4. The lowest BCUT2D eigenvalue weighted by Gasteiger charge is -2.72. The van der Waals surface area contributed by atoms with Crippen molar-refractivity contribution in [3.8, 4) is 0 Å². The summed E-state index contributed by atoms with van der Waals surface area (Å²) in [6.07, 6.45) is 11.0. The van der Waals surface area contributed by atoms with E-state index in [1.54, 1.807) is 13.3 Å². The van der Waals surface area contributed by atoms with Gasteiger partial charge in [-0.3, -0.25) is 9.59 Å². The standard InChI is InChI=1S/C33H50N2O3S/c1-19(2)21-11-14-33(27(37)38-8)16-15-31(6)22(25(21)33)9-10-24-30(5)17-20(18-35-28(34)39)26(36)29(3,4)23(30)12-13-32(24,31)7/h18,21-25H,1,9-17H2,2-8H3,(H3,34,35,39)/b20-18+/t21-,22+,23+,24+,25+,30-,31+,32+,33-/m0/s1. The number of carbonyl (C=O) groups is 2. The molecule has 5 saturated carbocycles. The Morgan fingerprint density at radius 1 is 1.03 bits per heavy atom. The molecule has 9 atom stereocenters. The Kier molecular flexibility index (Phi) is 6.77. The van der Waals surface area contributed by atoms with E-state index < -0.39 is 5.41 Å². The van der Waals surface area contributed by atoms with E-state index >= 15 is 0 Å². The van der Waals surface area contributed by atoms with Crippen LogP contribution in [0.4, 0.5) is 0 Å². The van der Waals surface area contributed by atoms with Crippen molar-refractivity contribution in [2.24, 2.45) is 62.4 Å². The normalized spacial score (nSPS) is 47.3. The summed E-state index contributed by atoms with van der Waals surface area (Å²) >= 11 is 5.06. The number of esters is 1. The molecule has 5 aliphatic rings. The van der Waals surface area contributed by atoms with Crippen LogP contribution < -0.4 is 11.1 Å². The molecule has 3 N–H and O–H groups in total. The smallest absolute Gasteiger partial charge is 0.312 e. The summed E-state index contributed by atoms with van der Waals surface area (Å²) in [7, 11) is 1.57. The molecular weight excluding hydrogens is 504 g/mol. The van der Waals surface area contributed by atoms with Crippen molar-refractivity contribution >= 4 is 29.1 Å². The van der Waals surface area contributed by atoms with Gasteiger partial charge < -0.3 is 15.8 Å². The monoisotopic (exact) mass is 554 g/mol. The van der Waals surface area contributed by atoms with E-state index in [-0.39, 0.29) is 38.5 Å². The van der Waals surface area contributed by atoms with Gasteiger partial charge in [0, 0.05) is 17.2 Å². The quantitative estimate of drug-likeness (QED) is 0.175. The number of methoxy groups -OCH3 is 1. The molecule has 0 saturated heterocycles. The molecule has 0 aromatic carbocycles. The van der Waals surface area contributed by atoms with Crippen LogP contribution in [0.2, 0.25) is 0 Å². The number of nitrogens with two attached hydrogens (primary N) is 1. The lowest BCUT2D eigenvalue weighted by molar-refractivity contribution is -0.232. The fourth-order valence-corrected chi connectivity index (χ4v) is 11.9. The van der Waals surface area contributed by atoms with Crippen molar-refractivity contribution in [3.63, 3.8) is 0 Å². The van der Waals surface area contributed by atoms with Crippen molar-refractivity contribution in [2.75, 3.05) is 7.11 Å². The topological polar surface area (TPSA) is 81.4 Å². The maximum atomic E-state index is 13.7. The lowest BCUT2D eigenvalue weighted by atomic mass is 9.32. The second kappa shape index (κ2) is 9.16. The van der Waals surface area contributed by atoms with E-state index in [0.29, 0.717) is 29.6 Å². The molecule has 216 valence electrons. The highest BCUT2D eigenvalue weighted by atomic mass is 32.1. The summed E-state index contributed by atoms with van der Waals surface area (Å²) in [5.74, 6) is 2.24. The number of rotatable bonds is 3. The second-order valence-electron chi connectivity index (χ2n) is 15.2. The number of ether oxygens (including phenoxy) is 1. The van der Waals surface area contributed by atoms with Gasteiger partial charge in [-0.05, 0) is 123 Å². The molecule has 39 heavy (non-hydrogen) atoms. The van der Waals surface area contributed by atoms with Crippen LogP contribution in [0, 0.1) is 56.7 Å². The zero-order valence-corrected chi connectivity index (χ0v) is 26.1. The van der Waals surface area contributed by atoms with E-state index in [9.17, 15) is 9.59 Å². The van der Waals surface area contributed by atoms with E-state index in [1.165, 1.54) is 5.57 Å². The molecule has 0 aliphatic heterocycles. The minimum absolute atomic E-state index is 0.00242. The van der Waals surface area contributed by atoms with Crippen LogP contribution in [0.25, 0.3) is 0 Å². The van der Waals surface area contributed by atoms with Gasteiger partial charge in [-0.1, -0.05) is 46.8 Å². The number of carbonyl (C=O) groups excluding carboxylic acids is 2. The van der Waals surface area contributed by atoms with E-state index in [0.717, 1.165) is 63.4 Å². The zero-order valence-electron chi connectivity index (χ0n) is 25.2. The minimum atomic E-state index is -0.432. The number of ketones is 1. The molecule has 0 aromatic rings. The Hall–Kier alpha value is -1.69. The zero-order chi connectivity index (χ0) is 28.8. The summed E-state index contributed by atoms with van der Waals surface area (Å²) in [5, 5.41) is 3.16. The molecule has 0 heterocycles. The van der Waals surface area contributed by atoms with Crippen molar-refractivity contribution < 1.29 is 14.3 Å². The Bertz CT molecular complexity index is 1140. The molecule has 6 heteroatoms. The molecule has 0 radical (unpaired) electrons. The van der Waals surface area contributed by atoms with Crippen molar-refractivity contribution in [1.82, 2.24) is 5.32 Å². The van der Waals surface area contributed by atoms with E-state index in [4.69, 9.17) is 22.7 Å². The number of nitrogens with one attached hydrogen (secondary N) is 1. The first-order valence-electron chi connectivity index (χ1n) is 15.1. The molecule has 5 fully saturated rings. The Labute approximate surface area is 241 Å². The van der Waals surface area contributed by atoms with Gasteiger partial charge in [0.05, 0.1) is 12.5 Å². The predicted molar refractivity (Wildman–Crippen MR) is 159 cm³/mol. The van der Waals surface area contributed by atoms with Gasteiger partial charge in [0.25, 0.3) is 0 Å². The molecule has 0 amide bonds. The van der Waals surface area contributed by atoms with Gasteiger partial charge in [0.2, 0.25) is 0 Å². The molecular formula is C33H50N2O3S. The van der Waals surface area contributed by atoms with Gasteiger partial charge in [-0.2, -0.15) is 0 Å². The number of hydrogen-bond donors (Lipinski definition) is 2. The summed E-state index contributed by atoms with van der Waals surface area (Å²) in [6, 6.07) is 0. The first-order chi connectivity index (χ1) is 18.1. The average molecular weight is 555 g/mol. The van der Waals surface area contributed by atoms with Crippen molar-refractivity contribution in [3.05, 3.63) is 23.9 Å². The third-order valence-electron chi connectivity index (χ3n) is 13.6. The number of fused-ring (bicyclic) bond motifs is 7. The highest BCUT2D eigenvalue weighted by Crippen LogP contribution is 2.77. The van der Waals surface area contributed by atoms with E-state index in [1.807, 2.05) is 0 Å². The van der Waals surface area contributed by atoms with Crippen LogP contribution in [-0.4, -0.2) is 24.0 Å². The second-order valence-corrected chi connectivity index (χ2v) is 15.7. The minimum Gasteiger partial charge on any atom is -0.469 e. The van der Waals surface area contributed by atoms with Crippen LogP contribution in [0.15, 0.2) is 23.9 Å². The Morgan fingerprint density at radius 3 is 2.33 bits per heavy atom. The molecule has 5 rings (SSSR count). The highest BCUT2D eigenvalue weighted by molar-refractivity contribution is 7.80. The van der Waals surface area contributed by atoms with Crippen LogP contribution in [0.5, 0.6) is 0 Å². The first kappa shape index (κ1) is 28.8. The van der Waals surface area contributed by atoms with Gasteiger partial charge in [-0.15, -0.1) is 0 Å². The summed E-state index contributed by atoms with van der Waals surface area (Å²) < 4.78 is 5.51. The fourth-order valence-electron chi connectivity index (χ4n) is 11.8. The van der Waals surface area contributed by atoms with Crippen LogP contribution in [0.1, 0.15) is 99.3 Å².